The molecule has 0 aliphatic heterocycles. The molecule has 2 aromatic rings. The number of hydrogen-bond acceptors (Lipinski definition) is 4. The van der Waals surface area contributed by atoms with E-state index in [2.05, 4.69) is 10.4 Å². The minimum Gasteiger partial charge on any atom is -0.320 e. The van der Waals surface area contributed by atoms with E-state index < -0.39 is 34.9 Å². The molecule has 0 fully saturated rings. The number of aromatic nitrogens is 4. The molecular weight excluding hydrogens is 363 g/mol. The third kappa shape index (κ3) is 4.04. The fourth-order valence-electron chi connectivity index (χ4n) is 2.99. The summed E-state index contributed by atoms with van der Waals surface area (Å²) < 4.78 is 41.4. The first kappa shape index (κ1) is 20.7. The van der Waals surface area contributed by atoms with Gasteiger partial charge in [-0.15, -0.1) is 4.68 Å². The molecule has 0 saturated heterocycles. The van der Waals surface area contributed by atoms with Crippen molar-refractivity contribution in [2.75, 3.05) is 6.54 Å². The molecule has 0 aliphatic rings. The van der Waals surface area contributed by atoms with Crippen LogP contribution in [0.5, 0.6) is 0 Å². The van der Waals surface area contributed by atoms with Gasteiger partial charge in [0.1, 0.15) is 5.69 Å². The van der Waals surface area contributed by atoms with Crippen LogP contribution < -0.4 is 5.69 Å². The first-order chi connectivity index (χ1) is 12.9. The molecule has 1 amide bonds. The van der Waals surface area contributed by atoms with Gasteiger partial charge in [0, 0.05) is 12.6 Å². The average Bonchev–Trinajstić information content (AvgIpc) is 3.02. The number of amides is 1. The highest BCUT2D eigenvalue weighted by Gasteiger charge is 2.27. The van der Waals surface area contributed by atoms with Crippen LogP contribution in [0.15, 0.2) is 16.9 Å². The van der Waals surface area contributed by atoms with Gasteiger partial charge in [0.2, 0.25) is 0 Å². The molecule has 0 atom stereocenters. The van der Waals surface area contributed by atoms with Crippen molar-refractivity contribution >= 4 is 6.03 Å². The van der Waals surface area contributed by atoms with Crippen molar-refractivity contribution in [2.45, 2.75) is 52.5 Å². The molecule has 0 radical (unpaired) electrons. The summed E-state index contributed by atoms with van der Waals surface area (Å²) in [5, 5.41) is 6.95. The molecule has 0 saturated carbocycles. The Morgan fingerprint density at radius 2 is 1.70 bits per heavy atom. The summed E-state index contributed by atoms with van der Waals surface area (Å²) in [7, 11) is 0. The molecule has 27 heavy (non-hydrogen) atoms. The fourth-order valence-corrected chi connectivity index (χ4v) is 2.99. The third-order valence-corrected chi connectivity index (χ3v) is 4.28. The highest BCUT2D eigenvalue weighted by atomic mass is 19.2. The van der Waals surface area contributed by atoms with E-state index in [-0.39, 0.29) is 6.04 Å². The van der Waals surface area contributed by atoms with Crippen molar-refractivity contribution in [1.82, 2.24) is 24.7 Å². The predicted molar refractivity (Wildman–Crippen MR) is 92.3 cm³/mol. The number of tetrazole rings is 1. The van der Waals surface area contributed by atoms with E-state index in [1.54, 1.807) is 6.92 Å². The Kier molecular flexibility index (Phi) is 6.75. The van der Waals surface area contributed by atoms with Crippen LogP contribution in [0.1, 0.15) is 46.5 Å². The molecular formula is C17H22F3N5O2. The van der Waals surface area contributed by atoms with Crippen LogP contribution in [0, 0.1) is 17.5 Å². The third-order valence-electron chi connectivity index (χ3n) is 4.28. The zero-order valence-electron chi connectivity index (χ0n) is 15.5. The quantitative estimate of drug-likeness (QED) is 0.542. The van der Waals surface area contributed by atoms with Gasteiger partial charge >= 0.3 is 11.7 Å². The number of carbonyl (C=O) groups excluding carboxylic acids is 1. The average molecular weight is 385 g/mol. The van der Waals surface area contributed by atoms with Crippen molar-refractivity contribution in [3.05, 3.63) is 40.1 Å². The highest BCUT2D eigenvalue weighted by Crippen LogP contribution is 2.17. The van der Waals surface area contributed by atoms with Gasteiger partial charge in [-0.2, -0.15) is 4.68 Å². The summed E-state index contributed by atoms with van der Waals surface area (Å²) >= 11 is 0. The van der Waals surface area contributed by atoms with E-state index >= 15 is 0 Å². The van der Waals surface area contributed by atoms with Crippen LogP contribution in [0.25, 0.3) is 5.69 Å². The summed E-state index contributed by atoms with van der Waals surface area (Å²) in [6.07, 6.45) is 3.23. The van der Waals surface area contributed by atoms with Gasteiger partial charge in [-0.1, -0.05) is 26.7 Å². The second-order valence-corrected chi connectivity index (χ2v) is 6.08. The molecule has 0 aliphatic carbocycles. The molecule has 148 valence electrons. The maximum Gasteiger partial charge on any atom is 0.377 e. The van der Waals surface area contributed by atoms with E-state index in [1.165, 1.54) is 4.90 Å². The first-order valence-corrected chi connectivity index (χ1v) is 8.87. The number of hydrogen-bond donors (Lipinski definition) is 0. The van der Waals surface area contributed by atoms with E-state index in [0.717, 1.165) is 31.7 Å². The molecule has 1 aromatic carbocycles. The number of nitrogens with zero attached hydrogens (tertiary/aromatic N) is 5. The Balaban J connectivity index is 2.42. The molecule has 0 N–H and O–H groups in total. The lowest BCUT2D eigenvalue weighted by Crippen LogP contribution is -2.46. The number of benzene rings is 1. The van der Waals surface area contributed by atoms with E-state index in [1.807, 2.05) is 13.8 Å². The molecule has 0 spiro atoms. The second kappa shape index (κ2) is 8.83. The van der Waals surface area contributed by atoms with Crippen LogP contribution in [0.3, 0.4) is 0 Å². The first-order valence-electron chi connectivity index (χ1n) is 8.87. The van der Waals surface area contributed by atoms with Crippen LogP contribution in [0.4, 0.5) is 18.0 Å². The van der Waals surface area contributed by atoms with Crippen molar-refractivity contribution in [3.63, 3.8) is 0 Å². The van der Waals surface area contributed by atoms with Gasteiger partial charge in [0.05, 0.1) is 0 Å². The maximum absolute atomic E-state index is 13.9. The molecule has 10 heteroatoms. The number of halogens is 3. The number of carbonyl (C=O) groups is 1. The lowest BCUT2D eigenvalue weighted by molar-refractivity contribution is 0.166. The highest BCUT2D eigenvalue weighted by molar-refractivity contribution is 5.75. The Morgan fingerprint density at radius 3 is 2.26 bits per heavy atom. The normalized spacial score (nSPS) is 11.2. The van der Waals surface area contributed by atoms with Crippen molar-refractivity contribution in [3.8, 4) is 5.69 Å². The molecule has 2 rings (SSSR count). The minimum absolute atomic E-state index is 0.0745. The zero-order chi connectivity index (χ0) is 20.1. The Labute approximate surface area is 154 Å². The Morgan fingerprint density at radius 1 is 1.07 bits per heavy atom. The summed E-state index contributed by atoms with van der Waals surface area (Å²) in [5.74, 6) is -4.72. The monoisotopic (exact) mass is 385 g/mol. The van der Waals surface area contributed by atoms with Gasteiger partial charge in [0.25, 0.3) is 0 Å². The fraction of sp³-hybridized carbons (Fsp3) is 0.529. The van der Waals surface area contributed by atoms with E-state index in [0.29, 0.717) is 22.0 Å². The summed E-state index contributed by atoms with van der Waals surface area (Å²) in [5.41, 5.74) is -1.69. The molecule has 1 heterocycles. The van der Waals surface area contributed by atoms with Crippen LogP contribution in [-0.2, 0) is 0 Å². The zero-order valence-corrected chi connectivity index (χ0v) is 15.5. The van der Waals surface area contributed by atoms with Crippen LogP contribution in [0.2, 0.25) is 0 Å². The molecule has 0 unspecified atom stereocenters. The van der Waals surface area contributed by atoms with Gasteiger partial charge < -0.3 is 4.90 Å². The largest absolute Gasteiger partial charge is 0.377 e. The Hall–Kier alpha value is -2.65. The molecule has 7 nitrogen and oxygen atoms in total. The van der Waals surface area contributed by atoms with Crippen molar-refractivity contribution in [1.29, 1.82) is 0 Å². The summed E-state index contributed by atoms with van der Waals surface area (Å²) in [4.78, 5) is 26.8. The van der Waals surface area contributed by atoms with E-state index in [9.17, 15) is 22.8 Å². The lowest BCUT2D eigenvalue weighted by Gasteiger charge is -2.29. The van der Waals surface area contributed by atoms with Gasteiger partial charge in [-0.3, -0.25) is 0 Å². The van der Waals surface area contributed by atoms with Gasteiger partial charge in [-0.25, -0.2) is 22.8 Å². The standard InChI is InChI=1S/C17H22F3N5O2/c1-4-7-11(8-5-2)23(6-3)16(26)25-17(27)24(21-22-25)13-10-9-12(18)14(19)15(13)20/h9-11H,4-8H2,1-3H3. The Bertz CT molecular complexity index is 859. The van der Waals surface area contributed by atoms with E-state index in [4.69, 9.17) is 0 Å². The minimum atomic E-state index is -1.73. The summed E-state index contributed by atoms with van der Waals surface area (Å²) in [6.45, 7) is 6.12. The molecule has 0 bridgehead atoms. The maximum atomic E-state index is 13.9. The topological polar surface area (TPSA) is 73.0 Å². The molecule has 1 aromatic heterocycles. The lowest BCUT2D eigenvalue weighted by atomic mass is 10.1. The SMILES string of the molecule is CCCC(CCC)N(CC)C(=O)n1nnn(-c2ccc(F)c(F)c2F)c1=O. The van der Waals surface area contributed by atoms with Crippen LogP contribution >= 0.6 is 0 Å². The number of rotatable bonds is 7. The van der Waals surface area contributed by atoms with Crippen LogP contribution in [-0.4, -0.2) is 43.3 Å². The van der Waals surface area contributed by atoms with Gasteiger partial charge in [-0.05, 0) is 42.3 Å². The van der Waals surface area contributed by atoms with Crippen molar-refractivity contribution in [2.24, 2.45) is 0 Å². The second-order valence-electron chi connectivity index (χ2n) is 6.08. The van der Waals surface area contributed by atoms with Crippen molar-refractivity contribution < 1.29 is 18.0 Å². The predicted octanol–water partition coefficient (Wildman–Crippen LogP) is 3.11. The van der Waals surface area contributed by atoms with Gasteiger partial charge in [0.15, 0.2) is 17.5 Å². The summed E-state index contributed by atoms with van der Waals surface area (Å²) in [6, 6.07) is 0.753. The smallest absolute Gasteiger partial charge is 0.320 e.